The quantitative estimate of drug-likeness (QED) is 0.618. The zero-order chi connectivity index (χ0) is 9.42. The van der Waals surface area contributed by atoms with E-state index in [-0.39, 0.29) is 16.4 Å². The van der Waals surface area contributed by atoms with Crippen LogP contribution in [0, 0.1) is 5.82 Å². The molecule has 0 radical (unpaired) electrons. The maximum Gasteiger partial charge on any atom is 0.492 e. The third-order valence-corrected chi connectivity index (χ3v) is 1.87. The molecule has 0 amide bonds. The average Bonchev–Trinajstić information content (AvgIpc) is 2.53. The monoisotopic (exact) mass is 180 g/mol. The van der Waals surface area contributed by atoms with Crippen LogP contribution >= 0.6 is 0 Å². The first-order chi connectivity index (χ1) is 6.20. The summed E-state index contributed by atoms with van der Waals surface area (Å²) < 4.78 is 18.0. The summed E-state index contributed by atoms with van der Waals surface area (Å²) in [6, 6.07) is 3.90. The minimum atomic E-state index is -1.64. The van der Waals surface area contributed by atoms with E-state index in [1.54, 1.807) is 0 Å². The Balaban J connectivity index is 2.78. The number of fused-ring (bicyclic) bond motifs is 1. The Labute approximate surface area is 73.6 Å². The number of benzene rings is 1. The molecule has 1 heterocycles. The summed E-state index contributed by atoms with van der Waals surface area (Å²) in [7, 11) is -1.64. The molecule has 2 rings (SSSR count). The second kappa shape index (κ2) is 2.87. The van der Waals surface area contributed by atoms with E-state index in [2.05, 4.69) is 0 Å². The normalized spacial score (nSPS) is 10.7. The van der Waals surface area contributed by atoms with Gasteiger partial charge in [0.1, 0.15) is 11.4 Å². The molecule has 0 aliphatic heterocycles. The van der Waals surface area contributed by atoms with Crippen LogP contribution in [0.1, 0.15) is 0 Å². The fourth-order valence-electron chi connectivity index (χ4n) is 1.25. The van der Waals surface area contributed by atoms with E-state index in [0.29, 0.717) is 0 Å². The third-order valence-electron chi connectivity index (χ3n) is 1.87. The topological polar surface area (TPSA) is 53.6 Å². The van der Waals surface area contributed by atoms with Gasteiger partial charge in [-0.15, -0.1) is 0 Å². The number of furan rings is 1. The first-order valence-electron chi connectivity index (χ1n) is 3.72. The highest BCUT2D eigenvalue weighted by Gasteiger charge is 2.18. The van der Waals surface area contributed by atoms with Gasteiger partial charge >= 0.3 is 7.12 Å². The van der Waals surface area contributed by atoms with Crippen LogP contribution in [0.5, 0.6) is 0 Å². The summed E-state index contributed by atoms with van der Waals surface area (Å²) >= 11 is 0. The van der Waals surface area contributed by atoms with Crippen LogP contribution in [0.25, 0.3) is 11.0 Å². The van der Waals surface area contributed by atoms with Gasteiger partial charge in [0.15, 0.2) is 0 Å². The first-order valence-corrected chi connectivity index (χ1v) is 3.72. The molecule has 0 saturated heterocycles. The van der Waals surface area contributed by atoms with Crippen LogP contribution in [0.4, 0.5) is 4.39 Å². The lowest BCUT2D eigenvalue weighted by molar-refractivity contribution is 0.425. The lowest BCUT2D eigenvalue weighted by atomic mass is 9.79. The molecule has 0 aliphatic rings. The molecular weight excluding hydrogens is 174 g/mol. The van der Waals surface area contributed by atoms with Gasteiger partial charge < -0.3 is 14.5 Å². The molecule has 0 aliphatic carbocycles. The van der Waals surface area contributed by atoms with Crippen molar-refractivity contribution < 1.29 is 18.9 Å². The Morgan fingerprint density at radius 1 is 1.23 bits per heavy atom. The summed E-state index contributed by atoms with van der Waals surface area (Å²) in [6.07, 6.45) is 1.31. The van der Waals surface area contributed by atoms with Gasteiger partial charge in [-0.05, 0) is 12.1 Å². The van der Waals surface area contributed by atoms with Crippen LogP contribution in [0.3, 0.4) is 0 Å². The molecule has 1 aromatic heterocycles. The molecule has 3 nitrogen and oxygen atoms in total. The Morgan fingerprint density at radius 3 is 2.69 bits per heavy atom. The SMILES string of the molecule is OB(O)c1ccc(F)c2ccoc12. The van der Waals surface area contributed by atoms with Crippen LogP contribution in [0.2, 0.25) is 0 Å². The third kappa shape index (κ3) is 1.22. The Kier molecular flexibility index (Phi) is 1.83. The summed E-state index contributed by atoms with van der Waals surface area (Å²) in [5.41, 5.74) is 0.344. The van der Waals surface area contributed by atoms with Crippen molar-refractivity contribution in [2.45, 2.75) is 0 Å². The van der Waals surface area contributed by atoms with Crippen molar-refractivity contribution in [3.05, 3.63) is 30.3 Å². The highest BCUT2D eigenvalue weighted by atomic mass is 19.1. The van der Waals surface area contributed by atoms with Gasteiger partial charge in [-0.25, -0.2) is 4.39 Å². The number of hydrogen-bond acceptors (Lipinski definition) is 3. The van der Waals surface area contributed by atoms with E-state index in [9.17, 15) is 4.39 Å². The Hall–Kier alpha value is -1.33. The number of rotatable bonds is 1. The summed E-state index contributed by atoms with van der Waals surface area (Å²) in [6.45, 7) is 0. The molecule has 2 aromatic rings. The smallest absolute Gasteiger partial charge is 0.465 e. The minimum absolute atomic E-state index is 0.168. The summed E-state index contributed by atoms with van der Waals surface area (Å²) in [5, 5.41) is 18.1. The molecule has 13 heavy (non-hydrogen) atoms. The standard InChI is InChI=1S/C8H6BFO3/c10-7-2-1-6(9(11)12)8-5(7)3-4-13-8/h1-4,11-12H. The predicted octanol–water partition coefficient (Wildman–Crippen LogP) is 0.252. The van der Waals surface area contributed by atoms with E-state index in [4.69, 9.17) is 14.5 Å². The van der Waals surface area contributed by atoms with E-state index in [1.165, 1.54) is 24.5 Å². The van der Waals surface area contributed by atoms with Crippen molar-refractivity contribution in [1.82, 2.24) is 0 Å². The Bertz CT molecular complexity index is 438. The zero-order valence-electron chi connectivity index (χ0n) is 6.57. The van der Waals surface area contributed by atoms with E-state index >= 15 is 0 Å². The summed E-state index contributed by atoms with van der Waals surface area (Å²) in [5.74, 6) is -0.437. The highest BCUT2D eigenvalue weighted by Crippen LogP contribution is 2.16. The maximum atomic E-state index is 13.0. The first kappa shape index (κ1) is 8.28. The molecule has 2 N–H and O–H groups in total. The van der Waals surface area contributed by atoms with Crippen LogP contribution < -0.4 is 5.46 Å². The second-order valence-electron chi connectivity index (χ2n) is 2.67. The van der Waals surface area contributed by atoms with E-state index in [1.807, 2.05) is 0 Å². The van der Waals surface area contributed by atoms with Gasteiger partial charge in [-0.3, -0.25) is 0 Å². The molecule has 66 valence electrons. The van der Waals surface area contributed by atoms with Crippen molar-refractivity contribution in [2.75, 3.05) is 0 Å². The lowest BCUT2D eigenvalue weighted by Gasteiger charge is -1.99. The number of hydrogen-bond donors (Lipinski definition) is 2. The van der Waals surface area contributed by atoms with Gasteiger partial charge in [-0.1, -0.05) is 6.07 Å². The highest BCUT2D eigenvalue weighted by molar-refractivity contribution is 6.61. The molecule has 0 saturated carbocycles. The molecule has 5 heteroatoms. The van der Waals surface area contributed by atoms with Crippen LogP contribution in [-0.2, 0) is 0 Å². The van der Waals surface area contributed by atoms with E-state index < -0.39 is 12.9 Å². The van der Waals surface area contributed by atoms with Crippen LogP contribution in [-0.4, -0.2) is 17.2 Å². The second-order valence-corrected chi connectivity index (χ2v) is 2.67. The Morgan fingerprint density at radius 2 is 2.00 bits per heavy atom. The predicted molar refractivity (Wildman–Crippen MR) is 46.0 cm³/mol. The van der Waals surface area contributed by atoms with Crippen molar-refractivity contribution >= 4 is 23.6 Å². The van der Waals surface area contributed by atoms with Gasteiger partial charge in [0.25, 0.3) is 0 Å². The van der Waals surface area contributed by atoms with E-state index in [0.717, 1.165) is 0 Å². The molecule has 0 fully saturated rings. The molecule has 0 atom stereocenters. The largest absolute Gasteiger partial charge is 0.492 e. The fraction of sp³-hybridized carbons (Fsp3) is 0. The van der Waals surface area contributed by atoms with Gasteiger partial charge in [0.05, 0.1) is 11.6 Å². The number of halogens is 1. The average molecular weight is 180 g/mol. The van der Waals surface area contributed by atoms with Gasteiger partial charge in [0.2, 0.25) is 0 Å². The molecule has 0 spiro atoms. The fourth-order valence-corrected chi connectivity index (χ4v) is 1.25. The van der Waals surface area contributed by atoms with Gasteiger partial charge in [0, 0.05) is 5.46 Å². The molecular formula is C8H6BFO3. The summed E-state index contributed by atoms with van der Waals surface area (Å²) in [4.78, 5) is 0. The zero-order valence-corrected chi connectivity index (χ0v) is 6.57. The van der Waals surface area contributed by atoms with Crippen molar-refractivity contribution in [2.24, 2.45) is 0 Å². The van der Waals surface area contributed by atoms with Crippen LogP contribution in [0.15, 0.2) is 28.9 Å². The van der Waals surface area contributed by atoms with Gasteiger partial charge in [-0.2, -0.15) is 0 Å². The molecule has 0 unspecified atom stereocenters. The molecule has 0 bridgehead atoms. The van der Waals surface area contributed by atoms with Crippen molar-refractivity contribution in [3.63, 3.8) is 0 Å². The maximum absolute atomic E-state index is 13.0. The molecule has 1 aromatic carbocycles. The van der Waals surface area contributed by atoms with Crippen molar-refractivity contribution in [3.8, 4) is 0 Å². The lowest BCUT2D eigenvalue weighted by Crippen LogP contribution is -2.30. The van der Waals surface area contributed by atoms with Crippen molar-refractivity contribution in [1.29, 1.82) is 0 Å². The minimum Gasteiger partial charge on any atom is -0.465 e.